The van der Waals surface area contributed by atoms with E-state index in [-0.39, 0.29) is 11.8 Å². The van der Waals surface area contributed by atoms with Crippen molar-refractivity contribution in [2.75, 3.05) is 20.1 Å². The van der Waals surface area contributed by atoms with E-state index >= 15 is 0 Å². The molecule has 0 bridgehead atoms. The average Bonchev–Trinajstić information content (AvgIpc) is 3.09. The van der Waals surface area contributed by atoms with E-state index in [9.17, 15) is 4.79 Å². The lowest BCUT2D eigenvalue weighted by Gasteiger charge is -2.30. The van der Waals surface area contributed by atoms with Crippen molar-refractivity contribution in [2.24, 2.45) is 13.0 Å². The van der Waals surface area contributed by atoms with Gasteiger partial charge in [0.2, 0.25) is 5.91 Å². The number of aryl methyl sites for hydroxylation is 1. The van der Waals surface area contributed by atoms with Gasteiger partial charge in [-0.3, -0.25) is 9.48 Å². The topological polar surface area (TPSA) is 62.2 Å². The van der Waals surface area contributed by atoms with E-state index in [4.69, 9.17) is 11.6 Å². The van der Waals surface area contributed by atoms with Crippen molar-refractivity contribution in [1.82, 2.24) is 25.3 Å². The molecule has 2 aliphatic heterocycles. The SMILES string of the molecule is CN1Cc2cc(Cl)c(-c3cnn(C)c3)cc2C=C1NC(=O)C1CCNCC1. The maximum absolute atomic E-state index is 12.6. The molecule has 7 heteroatoms. The molecular formula is C20H24ClN5O. The molecule has 142 valence electrons. The minimum absolute atomic E-state index is 0.0816. The maximum Gasteiger partial charge on any atom is 0.228 e. The van der Waals surface area contributed by atoms with Gasteiger partial charge in [-0.15, -0.1) is 0 Å². The first kappa shape index (κ1) is 18.1. The van der Waals surface area contributed by atoms with Crippen LogP contribution in [0.4, 0.5) is 0 Å². The van der Waals surface area contributed by atoms with Gasteiger partial charge in [0.1, 0.15) is 5.82 Å². The van der Waals surface area contributed by atoms with Crippen LogP contribution in [0.1, 0.15) is 24.0 Å². The fraction of sp³-hybridized carbons (Fsp3) is 0.400. The van der Waals surface area contributed by atoms with Gasteiger partial charge in [-0.05, 0) is 55.3 Å². The summed E-state index contributed by atoms with van der Waals surface area (Å²) in [6.45, 7) is 2.52. The molecule has 0 spiro atoms. The molecule has 2 aliphatic rings. The van der Waals surface area contributed by atoms with Crippen molar-refractivity contribution in [2.45, 2.75) is 19.4 Å². The van der Waals surface area contributed by atoms with Crippen LogP contribution in [0.25, 0.3) is 17.2 Å². The number of benzene rings is 1. The summed E-state index contributed by atoms with van der Waals surface area (Å²) >= 11 is 6.52. The zero-order valence-corrected chi connectivity index (χ0v) is 16.4. The third kappa shape index (κ3) is 3.73. The molecular weight excluding hydrogens is 362 g/mol. The van der Waals surface area contributed by atoms with Crippen LogP contribution in [0, 0.1) is 5.92 Å². The number of amides is 1. The number of carbonyl (C=O) groups is 1. The first-order chi connectivity index (χ1) is 13.0. The quantitative estimate of drug-likeness (QED) is 0.852. The fourth-order valence-corrected chi connectivity index (χ4v) is 4.02. The summed E-state index contributed by atoms with van der Waals surface area (Å²) in [5.41, 5.74) is 4.17. The van der Waals surface area contributed by atoms with Crippen molar-refractivity contribution >= 4 is 23.6 Å². The monoisotopic (exact) mass is 385 g/mol. The van der Waals surface area contributed by atoms with Crippen molar-refractivity contribution in [1.29, 1.82) is 0 Å². The summed E-state index contributed by atoms with van der Waals surface area (Å²) in [5, 5.41) is 11.4. The second-order valence-electron chi connectivity index (χ2n) is 7.33. The van der Waals surface area contributed by atoms with Gasteiger partial charge in [0, 0.05) is 48.9 Å². The Balaban J connectivity index is 1.61. The molecule has 0 radical (unpaired) electrons. The number of piperidine rings is 1. The molecule has 0 unspecified atom stereocenters. The highest BCUT2D eigenvalue weighted by molar-refractivity contribution is 6.33. The lowest BCUT2D eigenvalue weighted by Crippen LogP contribution is -2.41. The molecule has 0 saturated carbocycles. The van der Waals surface area contributed by atoms with E-state index in [0.717, 1.165) is 54.0 Å². The van der Waals surface area contributed by atoms with E-state index in [1.54, 1.807) is 4.68 Å². The summed E-state index contributed by atoms with van der Waals surface area (Å²) in [5.74, 6) is 1.03. The molecule has 6 nitrogen and oxygen atoms in total. The van der Waals surface area contributed by atoms with Crippen molar-refractivity contribution in [3.8, 4) is 11.1 Å². The largest absolute Gasteiger partial charge is 0.357 e. The lowest BCUT2D eigenvalue weighted by molar-refractivity contribution is -0.125. The fourth-order valence-electron chi connectivity index (χ4n) is 3.73. The van der Waals surface area contributed by atoms with Crippen LogP contribution < -0.4 is 10.6 Å². The second kappa shape index (κ2) is 7.37. The summed E-state index contributed by atoms with van der Waals surface area (Å²) < 4.78 is 1.76. The average molecular weight is 386 g/mol. The molecule has 1 fully saturated rings. The Morgan fingerprint density at radius 2 is 2.07 bits per heavy atom. The van der Waals surface area contributed by atoms with Crippen molar-refractivity contribution in [3.05, 3.63) is 46.5 Å². The number of nitrogens with one attached hydrogen (secondary N) is 2. The minimum Gasteiger partial charge on any atom is -0.357 e. The summed E-state index contributed by atoms with van der Waals surface area (Å²) in [4.78, 5) is 14.7. The Morgan fingerprint density at radius 1 is 1.30 bits per heavy atom. The van der Waals surface area contributed by atoms with E-state index in [2.05, 4.69) is 26.7 Å². The zero-order valence-electron chi connectivity index (χ0n) is 15.6. The number of carbonyl (C=O) groups excluding carboxylic acids is 1. The van der Waals surface area contributed by atoms with Crippen molar-refractivity contribution < 1.29 is 4.79 Å². The summed E-state index contributed by atoms with van der Waals surface area (Å²) in [6.07, 6.45) is 7.58. The Labute approximate surface area is 164 Å². The van der Waals surface area contributed by atoms with Crippen LogP contribution in [0.15, 0.2) is 30.3 Å². The minimum atomic E-state index is 0.0816. The normalized spacial score (nSPS) is 17.4. The Kier molecular flexibility index (Phi) is 4.93. The van der Waals surface area contributed by atoms with Gasteiger partial charge in [0.05, 0.1) is 6.20 Å². The molecule has 2 N–H and O–H groups in total. The van der Waals surface area contributed by atoms with Gasteiger partial charge < -0.3 is 15.5 Å². The molecule has 2 aromatic rings. The standard InChI is InChI=1S/C20H24ClN5O/c1-25-11-15-8-18(21)17(16-10-23-26(2)12-16)7-14(15)9-19(25)24-20(27)13-3-5-22-6-4-13/h7-10,12-13,22H,3-6,11H2,1-2H3,(H,24,27). The van der Waals surface area contributed by atoms with Crippen LogP contribution in [0.3, 0.4) is 0 Å². The van der Waals surface area contributed by atoms with E-state index < -0.39 is 0 Å². The van der Waals surface area contributed by atoms with Crippen LogP contribution in [-0.2, 0) is 18.4 Å². The molecule has 1 aromatic heterocycles. The van der Waals surface area contributed by atoms with Crippen LogP contribution in [-0.4, -0.2) is 40.7 Å². The summed E-state index contributed by atoms with van der Waals surface area (Å²) in [6, 6.07) is 4.09. The predicted octanol–water partition coefficient (Wildman–Crippen LogP) is 2.60. The predicted molar refractivity (Wildman–Crippen MR) is 107 cm³/mol. The highest BCUT2D eigenvalue weighted by Crippen LogP contribution is 2.34. The molecule has 1 aromatic carbocycles. The van der Waals surface area contributed by atoms with Gasteiger partial charge in [0.15, 0.2) is 0 Å². The third-order valence-electron chi connectivity index (χ3n) is 5.32. The molecule has 1 amide bonds. The number of fused-ring (bicyclic) bond motifs is 1. The Bertz CT molecular complexity index is 898. The number of halogens is 1. The smallest absolute Gasteiger partial charge is 0.228 e. The van der Waals surface area contributed by atoms with Gasteiger partial charge >= 0.3 is 0 Å². The van der Waals surface area contributed by atoms with E-state index in [1.807, 2.05) is 38.6 Å². The van der Waals surface area contributed by atoms with Crippen molar-refractivity contribution in [3.63, 3.8) is 0 Å². The van der Waals surface area contributed by atoms with Gasteiger partial charge in [-0.2, -0.15) is 5.10 Å². The number of hydrogen-bond acceptors (Lipinski definition) is 4. The molecule has 0 aliphatic carbocycles. The molecule has 27 heavy (non-hydrogen) atoms. The van der Waals surface area contributed by atoms with Crippen LogP contribution in [0.2, 0.25) is 5.02 Å². The first-order valence-electron chi connectivity index (χ1n) is 9.27. The summed E-state index contributed by atoms with van der Waals surface area (Å²) in [7, 11) is 3.87. The molecule has 1 saturated heterocycles. The first-order valence-corrected chi connectivity index (χ1v) is 9.65. The maximum atomic E-state index is 12.6. The highest BCUT2D eigenvalue weighted by atomic mass is 35.5. The van der Waals surface area contributed by atoms with E-state index in [1.165, 1.54) is 0 Å². The Morgan fingerprint density at radius 3 is 2.78 bits per heavy atom. The molecule has 0 atom stereocenters. The Hall–Kier alpha value is -2.31. The second-order valence-corrected chi connectivity index (χ2v) is 7.74. The lowest BCUT2D eigenvalue weighted by atomic mass is 9.96. The van der Waals surface area contributed by atoms with E-state index in [0.29, 0.717) is 11.6 Å². The number of hydrogen-bond donors (Lipinski definition) is 2. The van der Waals surface area contributed by atoms with Gasteiger partial charge in [-0.1, -0.05) is 11.6 Å². The zero-order chi connectivity index (χ0) is 19.0. The number of rotatable bonds is 3. The van der Waals surface area contributed by atoms with Gasteiger partial charge in [0.25, 0.3) is 0 Å². The van der Waals surface area contributed by atoms with Crippen LogP contribution in [0.5, 0.6) is 0 Å². The van der Waals surface area contributed by atoms with Gasteiger partial charge in [-0.25, -0.2) is 0 Å². The highest BCUT2D eigenvalue weighted by Gasteiger charge is 2.24. The molecule has 3 heterocycles. The molecule has 4 rings (SSSR count). The number of aromatic nitrogens is 2. The van der Waals surface area contributed by atoms with Crippen LogP contribution >= 0.6 is 11.6 Å². The number of nitrogens with zero attached hydrogens (tertiary/aromatic N) is 3. The third-order valence-corrected chi connectivity index (χ3v) is 5.63.